The van der Waals surface area contributed by atoms with Crippen LogP contribution in [0.2, 0.25) is 0 Å². The summed E-state index contributed by atoms with van der Waals surface area (Å²) in [5.41, 5.74) is 0.251. The first-order chi connectivity index (χ1) is 11.2. The standard InChI is InChI=1S/C15H14F3NO5/c16-15(17,18)24-8-3-1-7(2-4-8)19-13(20)11-9-5-6-10(23-9)12(11)14(21)22/h1-4,9-12H,5-6H2,(H,19,20)(H,21,22)/t9-,10+,11+,12-/m1/s1. The predicted octanol–water partition coefficient (Wildman–Crippen LogP) is 2.40. The van der Waals surface area contributed by atoms with Crippen molar-refractivity contribution in [1.29, 1.82) is 0 Å². The number of benzene rings is 1. The van der Waals surface area contributed by atoms with Crippen molar-refractivity contribution in [3.05, 3.63) is 24.3 Å². The Kier molecular flexibility index (Phi) is 4.12. The molecule has 6 nitrogen and oxygen atoms in total. The Labute approximate surface area is 134 Å². The smallest absolute Gasteiger partial charge is 0.481 e. The zero-order valence-corrected chi connectivity index (χ0v) is 12.2. The average molecular weight is 345 g/mol. The van der Waals surface area contributed by atoms with E-state index in [1.54, 1.807) is 0 Å². The number of carbonyl (C=O) groups is 2. The normalized spacial score (nSPS) is 28.6. The van der Waals surface area contributed by atoms with Crippen LogP contribution in [0.5, 0.6) is 5.75 Å². The molecule has 2 aliphatic rings. The Hall–Kier alpha value is -2.29. The van der Waals surface area contributed by atoms with Crippen molar-refractivity contribution in [2.24, 2.45) is 11.8 Å². The first-order valence-corrected chi connectivity index (χ1v) is 7.29. The Morgan fingerprint density at radius 1 is 1.12 bits per heavy atom. The third kappa shape index (κ3) is 3.30. The second-order valence-corrected chi connectivity index (χ2v) is 5.74. The fourth-order valence-corrected chi connectivity index (χ4v) is 3.29. The van der Waals surface area contributed by atoms with E-state index in [9.17, 15) is 27.9 Å². The Morgan fingerprint density at radius 2 is 1.71 bits per heavy atom. The number of carboxylic acids is 1. The largest absolute Gasteiger partial charge is 0.573 e. The quantitative estimate of drug-likeness (QED) is 0.875. The summed E-state index contributed by atoms with van der Waals surface area (Å²) in [6, 6.07) is 4.63. The topological polar surface area (TPSA) is 84.9 Å². The highest BCUT2D eigenvalue weighted by Gasteiger charge is 2.55. The third-order valence-electron chi connectivity index (χ3n) is 4.22. The molecule has 2 heterocycles. The van der Waals surface area contributed by atoms with Crippen LogP contribution in [0, 0.1) is 11.8 Å². The van der Waals surface area contributed by atoms with E-state index >= 15 is 0 Å². The molecule has 0 unspecified atom stereocenters. The highest BCUT2D eigenvalue weighted by Crippen LogP contribution is 2.44. The van der Waals surface area contributed by atoms with Gasteiger partial charge in [0.15, 0.2) is 0 Å². The van der Waals surface area contributed by atoms with Gasteiger partial charge in [-0.25, -0.2) is 0 Å². The van der Waals surface area contributed by atoms with Crippen molar-refractivity contribution in [3.63, 3.8) is 0 Å². The molecule has 9 heteroatoms. The van der Waals surface area contributed by atoms with Gasteiger partial charge >= 0.3 is 12.3 Å². The number of halogens is 3. The number of carbonyl (C=O) groups excluding carboxylic acids is 1. The fourth-order valence-electron chi connectivity index (χ4n) is 3.29. The van der Waals surface area contributed by atoms with Crippen LogP contribution in [0.15, 0.2) is 24.3 Å². The molecular formula is C15H14F3NO5. The molecule has 130 valence electrons. The summed E-state index contributed by atoms with van der Waals surface area (Å²) >= 11 is 0. The Morgan fingerprint density at radius 3 is 2.25 bits per heavy atom. The number of hydrogen-bond acceptors (Lipinski definition) is 4. The second kappa shape index (κ2) is 5.97. The number of aliphatic carboxylic acids is 1. The first-order valence-electron chi connectivity index (χ1n) is 7.29. The van der Waals surface area contributed by atoms with Crippen molar-refractivity contribution in [3.8, 4) is 5.75 Å². The van der Waals surface area contributed by atoms with Crippen LogP contribution in [-0.4, -0.2) is 35.6 Å². The van der Waals surface area contributed by atoms with E-state index in [0.29, 0.717) is 12.8 Å². The molecule has 2 saturated heterocycles. The highest BCUT2D eigenvalue weighted by molar-refractivity contribution is 5.96. The number of nitrogens with one attached hydrogen (secondary N) is 1. The summed E-state index contributed by atoms with van der Waals surface area (Å²) in [6.45, 7) is 0. The van der Waals surface area contributed by atoms with Crippen molar-refractivity contribution in [1.82, 2.24) is 0 Å². The van der Waals surface area contributed by atoms with E-state index in [1.165, 1.54) is 12.1 Å². The molecule has 0 saturated carbocycles. The van der Waals surface area contributed by atoms with E-state index in [-0.39, 0.29) is 5.69 Å². The van der Waals surface area contributed by atoms with E-state index in [0.717, 1.165) is 12.1 Å². The summed E-state index contributed by atoms with van der Waals surface area (Å²) < 4.78 is 45.5. The second-order valence-electron chi connectivity index (χ2n) is 5.74. The van der Waals surface area contributed by atoms with Gasteiger partial charge in [0.25, 0.3) is 0 Å². The minimum absolute atomic E-state index is 0.251. The van der Waals surface area contributed by atoms with Gasteiger partial charge < -0.3 is 19.9 Å². The molecule has 3 rings (SSSR count). The lowest BCUT2D eigenvalue weighted by molar-refractivity contribution is -0.274. The SMILES string of the molecule is O=C(Nc1ccc(OC(F)(F)F)cc1)[C@@H]1[C@H](C(=O)O)[C@@H]2CC[C@H]1O2. The van der Waals surface area contributed by atoms with E-state index < -0.39 is 48.0 Å². The van der Waals surface area contributed by atoms with Gasteiger partial charge in [0.2, 0.25) is 5.91 Å². The highest BCUT2D eigenvalue weighted by atomic mass is 19.4. The summed E-state index contributed by atoms with van der Waals surface area (Å²) in [5, 5.41) is 11.8. The minimum Gasteiger partial charge on any atom is -0.481 e. The number of carboxylic acid groups (broad SMARTS) is 1. The molecule has 0 aliphatic carbocycles. The molecule has 1 aromatic rings. The van der Waals surface area contributed by atoms with Crippen molar-refractivity contribution in [2.75, 3.05) is 5.32 Å². The van der Waals surface area contributed by atoms with E-state index in [4.69, 9.17) is 4.74 Å². The number of alkyl halides is 3. The summed E-state index contributed by atoms with van der Waals surface area (Å²) in [5.74, 6) is -3.73. The van der Waals surface area contributed by atoms with Crippen molar-refractivity contribution < 1.29 is 37.3 Å². The van der Waals surface area contributed by atoms with Crippen LogP contribution in [-0.2, 0) is 14.3 Å². The zero-order chi connectivity index (χ0) is 17.5. The molecule has 2 aliphatic heterocycles. The molecule has 24 heavy (non-hydrogen) atoms. The van der Waals surface area contributed by atoms with Crippen LogP contribution >= 0.6 is 0 Å². The van der Waals surface area contributed by atoms with Gasteiger partial charge in [-0.3, -0.25) is 9.59 Å². The predicted molar refractivity (Wildman–Crippen MR) is 74.3 cm³/mol. The molecule has 1 aromatic carbocycles. The maximum Gasteiger partial charge on any atom is 0.573 e. The number of fused-ring (bicyclic) bond motifs is 2. The molecule has 0 radical (unpaired) electrons. The first kappa shape index (κ1) is 16.6. The molecule has 2 N–H and O–H groups in total. The number of amides is 1. The molecule has 0 spiro atoms. The van der Waals surface area contributed by atoms with Gasteiger partial charge in [0.1, 0.15) is 5.75 Å². The van der Waals surface area contributed by atoms with Crippen molar-refractivity contribution >= 4 is 17.6 Å². The van der Waals surface area contributed by atoms with Gasteiger partial charge in [-0.1, -0.05) is 0 Å². The van der Waals surface area contributed by atoms with Gasteiger partial charge in [0.05, 0.1) is 24.0 Å². The lowest BCUT2D eigenvalue weighted by Crippen LogP contribution is -2.40. The van der Waals surface area contributed by atoms with Crippen LogP contribution in [0.4, 0.5) is 18.9 Å². The molecule has 2 bridgehead atoms. The Balaban J connectivity index is 1.67. The lowest BCUT2D eigenvalue weighted by Gasteiger charge is -2.23. The van der Waals surface area contributed by atoms with Gasteiger partial charge in [-0.2, -0.15) is 0 Å². The molecule has 4 atom stereocenters. The molecule has 2 fully saturated rings. The summed E-state index contributed by atoms with van der Waals surface area (Å²) in [6.07, 6.45) is -4.48. The number of ether oxygens (including phenoxy) is 2. The van der Waals surface area contributed by atoms with Gasteiger partial charge in [-0.05, 0) is 37.1 Å². The number of anilines is 1. The van der Waals surface area contributed by atoms with Crippen LogP contribution < -0.4 is 10.1 Å². The minimum atomic E-state index is -4.79. The number of rotatable bonds is 4. The van der Waals surface area contributed by atoms with Gasteiger partial charge in [-0.15, -0.1) is 13.2 Å². The van der Waals surface area contributed by atoms with E-state index in [1.807, 2.05) is 0 Å². The van der Waals surface area contributed by atoms with Crippen molar-refractivity contribution in [2.45, 2.75) is 31.4 Å². The van der Waals surface area contributed by atoms with E-state index in [2.05, 4.69) is 10.1 Å². The third-order valence-corrected chi connectivity index (χ3v) is 4.22. The molecular weight excluding hydrogens is 331 g/mol. The fraction of sp³-hybridized carbons (Fsp3) is 0.467. The Bertz CT molecular complexity index is 646. The van der Waals surface area contributed by atoms with Crippen LogP contribution in [0.25, 0.3) is 0 Å². The zero-order valence-electron chi connectivity index (χ0n) is 12.2. The average Bonchev–Trinajstić information content (AvgIpc) is 3.08. The van der Waals surface area contributed by atoms with Crippen LogP contribution in [0.1, 0.15) is 12.8 Å². The van der Waals surface area contributed by atoms with Crippen LogP contribution in [0.3, 0.4) is 0 Å². The monoisotopic (exact) mass is 345 g/mol. The summed E-state index contributed by atoms with van der Waals surface area (Å²) in [7, 11) is 0. The lowest BCUT2D eigenvalue weighted by atomic mass is 9.78. The molecule has 0 aromatic heterocycles. The molecule has 1 amide bonds. The number of hydrogen-bond donors (Lipinski definition) is 2. The maximum atomic E-state index is 12.4. The summed E-state index contributed by atoms with van der Waals surface area (Å²) in [4.78, 5) is 23.7. The maximum absolute atomic E-state index is 12.4. The van der Waals surface area contributed by atoms with Gasteiger partial charge in [0, 0.05) is 5.69 Å².